The third-order valence-corrected chi connectivity index (χ3v) is 5.73. The van der Waals surface area contributed by atoms with Crippen molar-refractivity contribution in [1.29, 1.82) is 0 Å². The quantitative estimate of drug-likeness (QED) is 0.223. The first-order valence-electron chi connectivity index (χ1n) is 10.1. The number of nitrogens with zero attached hydrogens (tertiary/aromatic N) is 4. The van der Waals surface area contributed by atoms with Crippen LogP contribution >= 0.6 is 34.8 Å². The number of nitrogens with one attached hydrogen (secondary N) is 2. The van der Waals surface area contributed by atoms with E-state index in [-0.39, 0.29) is 0 Å². The minimum absolute atomic E-state index is 0.393. The molecule has 2 aromatic carbocycles. The van der Waals surface area contributed by atoms with Gasteiger partial charge in [-0.3, -0.25) is 0 Å². The number of nitrogen functional groups attached to an aromatic ring is 1. The molecular formula is C24H16Cl3N7. The molecule has 34 heavy (non-hydrogen) atoms. The van der Waals surface area contributed by atoms with Gasteiger partial charge in [0.1, 0.15) is 22.4 Å². The van der Waals surface area contributed by atoms with Crippen molar-refractivity contribution in [2.75, 3.05) is 5.73 Å². The van der Waals surface area contributed by atoms with Gasteiger partial charge in [0.25, 0.3) is 0 Å². The number of nitrogens with two attached hydrogens (primary N) is 1. The van der Waals surface area contributed by atoms with Crippen molar-refractivity contribution < 1.29 is 0 Å². The average Bonchev–Trinajstić information content (AvgIpc) is 3.47. The van der Waals surface area contributed by atoms with Crippen LogP contribution in [0.25, 0.3) is 45.1 Å². The summed E-state index contributed by atoms with van der Waals surface area (Å²) in [6.45, 7) is 0. The van der Waals surface area contributed by atoms with Crippen LogP contribution in [0.15, 0.2) is 72.8 Å². The predicted molar refractivity (Wildman–Crippen MR) is 138 cm³/mol. The molecule has 0 aliphatic carbocycles. The number of rotatable bonds is 2. The molecule has 6 aromatic rings. The number of hydrogen-bond acceptors (Lipinski definition) is 5. The standard InChI is InChI=1S/C12H7Cl2N3.C12H9ClN4/c2*13-7-5-6-10(14)17-11(7)12-15-8-3-1-2-4-9(8)16-12/h1-6H,(H,15,16);1-6H,(H2,14,17)(H,15,16). The number of fused-ring (bicyclic) bond motifs is 2. The molecule has 0 radical (unpaired) electrons. The number of hydrogen-bond donors (Lipinski definition) is 3. The summed E-state index contributed by atoms with van der Waals surface area (Å²) in [5, 5.41) is 1.44. The fraction of sp³-hybridized carbons (Fsp3) is 0. The van der Waals surface area contributed by atoms with E-state index in [1.54, 1.807) is 24.3 Å². The van der Waals surface area contributed by atoms with Crippen LogP contribution in [0.5, 0.6) is 0 Å². The summed E-state index contributed by atoms with van der Waals surface area (Å²) in [5.74, 6) is 1.67. The molecule has 0 bridgehead atoms. The van der Waals surface area contributed by atoms with E-state index in [1.165, 1.54) is 0 Å². The Morgan fingerprint density at radius 1 is 0.559 bits per heavy atom. The van der Waals surface area contributed by atoms with Crippen LogP contribution in [0.4, 0.5) is 5.82 Å². The van der Waals surface area contributed by atoms with Crippen LogP contribution in [0.2, 0.25) is 15.2 Å². The van der Waals surface area contributed by atoms with Gasteiger partial charge in [-0.15, -0.1) is 0 Å². The summed E-state index contributed by atoms with van der Waals surface area (Å²) in [6, 6.07) is 22.2. The molecule has 4 aromatic heterocycles. The van der Waals surface area contributed by atoms with E-state index in [2.05, 4.69) is 29.9 Å². The van der Waals surface area contributed by atoms with E-state index in [1.807, 2.05) is 48.5 Å². The molecule has 0 unspecified atom stereocenters. The maximum Gasteiger partial charge on any atom is 0.158 e. The Balaban J connectivity index is 0.000000142. The van der Waals surface area contributed by atoms with Gasteiger partial charge in [-0.25, -0.2) is 19.9 Å². The first kappa shape index (κ1) is 22.2. The number of benzene rings is 2. The van der Waals surface area contributed by atoms with E-state index >= 15 is 0 Å². The zero-order chi connectivity index (χ0) is 23.7. The van der Waals surface area contributed by atoms with Gasteiger partial charge in [-0.1, -0.05) is 59.1 Å². The Labute approximate surface area is 209 Å². The molecule has 0 fully saturated rings. The van der Waals surface area contributed by atoms with Crippen LogP contribution in [-0.2, 0) is 0 Å². The van der Waals surface area contributed by atoms with Crippen molar-refractivity contribution in [2.45, 2.75) is 0 Å². The van der Waals surface area contributed by atoms with Crippen molar-refractivity contribution >= 4 is 62.7 Å². The Morgan fingerprint density at radius 3 is 1.62 bits per heavy atom. The van der Waals surface area contributed by atoms with Gasteiger partial charge < -0.3 is 15.7 Å². The van der Waals surface area contributed by atoms with Gasteiger partial charge >= 0.3 is 0 Å². The first-order chi connectivity index (χ1) is 16.5. The van der Waals surface area contributed by atoms with E-state index in [0.29, 0.717) is 44.1 Å². The van der Waals surface area contributed by atoms with Crippen molar-refractivity contribution in [1.82, 2.24) is 29.9 Å². The largest absolute Gasteiger partial charge is 0.384 e. The van der Waals surface area contributed by atoms with Gasteiger partial charge in [0.05, 0.1) is 32.1 Å². The maximum atomic E-state index is 6.08. The lowest BCUT2D eigenvalue weighted by Gasteiger charge is -2.00. The Hall–Kier alpha value is -3.65. The fourth-order valence-electron chi connectivity index (χ4n) is 3.34. The van der Waals surface area contributed by atoms with Crippen LogP contribution in [-0.4, -0.2) is 29.9 Å². The number of para-hydroxylation sites is 4. The molecule has 0 atom stereocenters. The Bertz CT molecular complexity index is 1440. The van der Waals surface area contributed by atoms with E-state index < -0.39 is 0 Å². The summed E-state index contributed by atoms with van der Waals surface area (Å²) < 4.78 is 0. The smallest absolute Gasteiger partial charge is 0.158 e. The number of aromatic nitrogens is 6. The van der Waals surface area contributed by atoms with E-state index in [0.717, 1.165) is 22.1 Å². The van der Waals surface area contributed by atoms with Gasteiger partial charge in [0, 0.05) is 0 Å². The molecule has 7 nitrogen and oxygen atoms in total. The van der Waals surface area contributed by atoms with E-state index in [9.17, 15) is 0 Å². The van der Waals surface area contributed by atoms with Crippen molar-refractivity contribution in [2.24, 2.45) is 0 Å². The zero-order valence-corrected chi connectivity index (χ0v) is 19.7. The summed E-state index contributed by atoms with van der Waals surface area (Å²) >= 11 is 18.0. The molecule has 0 spiro atoms. The molecule has 0 saturated carbocycles. The second kappa shape index (κ2) is 9.30. The van der Waals surface area contributed by atoms with Gasteiger partial charge in [0.15, 0.2) is 11.6 Å². The zero-order valence-electron chi connectivity index (χ0n) is 17.4. The second-order valence-corrected chi connectivity index (χ2v) is 8.44. The van der Waals surface area contributed by atoms with Crippen molar-refractivity contribution in [3.8, 4) is 23.0 Å². The van der Waals surface area contributed by atoms with Gasteiger partial charge in [-0.2, -0.15) is 0 Å². The molecule has 10 heteroatoms. The third kappa shape index (κ3) is 4.54. The third-order valence-electron chi connectivity index (χ3n) is 4.91. The summed E-state index contributed by atoms with van der Waals surface area (Å²) in [6.07, 6.45) is 0. The first-order valence-corrected chi connectivity index (χ1v) is 11.3. The lowest BCUT2D eigenvalue weighted by Crippen LogP contribution is -1.93. The molecule has 6 rings (SSSR count). The molecule has 0 saturated heterocycles. The number of H-pyrrole nitrogens is 2. The lowest BCUT2D eigenvalue weighted by molar-refractivity contribution is 1.24. The highest BCUT2D eigenvalue weighted by Gasteiger charge is 2.11. The van der Waals surface area contributed by atoms with Crippen LogP contribution in [0.3, 0.4) is 0 Å². The minimum Gasteiger partial charge on any atom is -0.384 e. The predicted octanol–water partition coefficient (Wildman–Crippen LogP) is 6.79. The fourth-order valence-corrected chi connectivity index (χ4v) is 3.87. The number of anilines is 1. The highest BCUT2D eigenvalue weighted by Crippen LogP contribution is 2.27. The molecule has 4 N–H and O–H groups in total. The van der Waals surface area contributed by atoms with Gasteiger partial charge in [0.2, 0.25) is 0 Å². The average molecular weight is 509 g/mol. The van der Waals surface area contributed by atoms with E-state index in [4.69, 9.17) is 40.5 Å². The molecule has 0 aliphatic rings. The Morgan fingerprint density at radius 2 is 1.06 bits per heavy atom. The Kier molecular flexibility index (Phi) is 6.06. The number of aromatic amines is 2. The topological polar surface area (TPSA) is 109 Å². The van der Waals surface area contributed by atoms with Crippen LogP contribution in [0.1, 0.15) is 0 Å². The maximum absolute atomic E-state index is 6.08. The molecule has 4 heterocycles. The van der Waals surface area contributed by atoms with Gasteiger partial charge in [-0.05, 0) is 48.5 Å². The molecule has 168 valence electrons. The minimum atomic E-state index is 0.393. The lowest BCUT2D eigenvalue weighted by atomic mass is 10.3. The normalized spacial score (nSPS) is 10.9. The highest BCUT2D eigenvalue weighted by molar-refractivity contribution is 6.34. The highest BCUT2D eigenvalue weighted by atomic mass is 35.5. The summed E-state index contributed by atoms with van der Waals surface area (Å²) in [7, 11) is 0. The number of imidazole rings is 2. The van der Waals surface area contributed by atoms with Crippen LogP contribution < -0.4 is 5.73 Å². The molecule has 0 amide bonds. The molecule has 0 aliphatic heterocycles. The van der Waals surface area contributed by atoms with Crippen LogP contribution in [0, 0.1) is 0 Å². The van der Waals surface area contributed by atoms with Crippen molar-refractivity contribution in [3.63, 3.8) is 0 Å². The molecular weight excluding hydrogens is 493 g/mol. The second-order valence-electron chi connectivity index (χ2n) is 7.24. The monoisotopic (exact) mass is 507 g/mol. The summed E-state index contributed by atoms with van der Waals surface area (Å²) in [5.41, 5.74) is 10.4. The SMILES string of the molecule is Clc1ccc(Cl)c(-c2nc3ccccc3[nH]2)n1.Nc1ccc(Cl)c(-c2nc3ccccc3[nH]2)n1. The van der Waals surface area contributed by atoms with Crippen molar-refractivity contribution in [3.05, 3.63) is 88.0 Å². The number of halogens is 3. The number of pyridine rings is 2. The summed E-state index contributed by atoms with van der Waals surface area (Å²) in [4.78, 5) is 23.5.